The molecule has 3 nitrogen and oxygen atoms in total. The Kier molecular flexibility index (Phi) is 4.61. The fourth-order valence-corrected chi connectivity index (χ4v) is 2.47. The van der Waals surface area contributed by atoms with Crippen molar-refractivity contribution in [3.8, 4) is 0 Å². The van der Waals surface area contributed by atoms with E-state index in [1.807, 2.05) is 18.2 Å². The van der Waals surface area contributed by atoms with Gasteiger partial charge in [0.25, 0.3) is 0 Å². The number of fused-ring (bicyclic) bond motifs is 1. The summed E-state index contributed by atoms with van der Waals surface area (Å²) in [5, 5.41) is 2.90. The molecule has 1 aromatic carbocycles. The fraction of sp³-hybridized carbons (Fsp3) is 0.500. The first kappa shape index (κ1) is 13.4. The van der Waals surface area contributed by atoms with Gasteiger partial charge in [-0.2, -0.15) is 0 Å². The summed E-state index contributed by atoms with van der Waals surface area (Å²) in [6, 6.07) is 8.09. The van der Waals surface area contributed by atoms with E-state index in [-0.39, 0.29) is 17.2 Å². The maximum Gasteiger partial charge on any atom is 0.227 e. The molecule has 0 heterocycles. The highest BCUT2D eigenvalue weighted by molar-refractivity contribution is 6.20. The van der Waals surface area contributed by atoms with Crippen molar-refractivity contribution in [3.63, 3.8) is 0 Å². The van der Waals surface area contributed by atoms with Gasteiger partial charge in [-0.25, -0.2) is 0 Å². The van der Waals surface area contributed by atoms with Crippen LogP contribution in [0.5, 0.6) is 0 Å². The number of carbonyl (C=O) groups is 1. The van der Waals surface area contributed by atoms with Crippen molar-refractivity contribution >= 4 is 17.5 Å². The number of alkyl halides is 1. The summed E-state index contributed by atoms with van der Waals surface area (Å²) < 4.78 is 4.94. The Hall–Kier alpha value is -1.06. The van der Waals surface area contributed by atoms with E-state index in [0.29, 0.717) is 13.2 Å². The summed E-state index contributed by atoms with van der Waals surface area (Å²) in [5.41, 5.74) is 2.45. The highest BCUT2D eigenvalue weighted by Gasteiger charge is 2.31. The molecule has 2 rings (SSSR count). The molecule has 1 amide bonds. The Bertz CT molecular complexity index is 422. The van der Waals surface area contributed by atoms with Gasteiger partial charge in [-0.05, 0) is 24.0 Å². The van der Waals surface area contributed by atoms with Gasteiger partial charge in [0, 0.05) is 13.7 Å². The molecule has 0 aliphatic heterocycles. The minimum Gasteiger partial charge on any atom is -0.383 e. The van der Waals surface area contributed by atoms with E-state index in [1.165, 1.54) is 5.56 Å². The fourth-order valence-electron chi connectivity index (χ4n) is 2.23. The number of benzene rings is 1. The third-order valence-electron chi connectivity index (χ3n) is 3.28. The van der Waals surface area contributed by atoms with Crippen LogP contribution in [0.3, 0.4) is 0 Å². The van der Waals surface area contributed by atoms with Crippen LogP contribution in [0.15, 0.2) is 24.3 Å². The molecule has 0 bridgehead atoms. The van der Waals surface area contributed by atoms with Gasteiger partial charge in [-0.1, -0.05) is 24.3 Å². The summed E-state index contributed by atoms with van der Waals surface area (Å²) in [7, 11) is 1.62. The van der Waals surface area contributed by atoms with Gasteiger partial charge in [0.2, 0.25) is 5.91 Å². The summed E-state index contributed by atoms with van der Waals surface area (Å²) >= 11 is 6.00. The van der Waals surface area contributed by atoms with Crippen LogP contribution in [0.4, 0.5) is 0 Å². The van der Waals surface area contributed by atoms with Gasteiger partial charge >= 0.3 is 0 Å². The molecule has 0 spiro atoms. The summed E-state index contributed by atoms with van der Waals surface area (Å²) in [6.07, 6.45) is 1.58. The smallest absolute Gasteiger partial charge is 0.227 e. The van der Waals surface area contributed by atoms with Gasteiger partial charge in [0.15, 0.2) is 0 Å². The molecule has 0 radical (unpaired) electrons. The minimum atomic E-state index is -0.0380. The van der Waals surface area contributed by atoms with E-state index in [0.717, 1.165) is 18.4 Å². The Labute approximate surface area is 112 Å². The number of rotatable bonds is 6. The van der Waals surface area contributed by atoms with Crippen molar-refractivity contribution in [2.24, 2.45) is 0 Å². The average molecular weight is 268 g/mol. The lowest BCUT2D eigenvalue weighted by molar-refractivity contribution is -0.123. The molecule has 1 N–H and O–H groups in total. The highest BCUT2D eigenvalue weighted by atomic mass is 35.5. The number of carbonyl (C=O) groups excluding carboxylic acids is 1. The van der Waals surface area contributed by atoms with Crippen molar-refractivity contribution in [1.82, 2.24) is 5.32 Å². The third-order valence-corrected chi connectivity index (χ3v) is 3.62. The van der Waals surface area contributed by atoms with Crippen LogP contribution >= 0.6 is 11.6 Å². The lowest BCUT2D eigenvalue weighted by Gasteiger charge is -2.28. The first-order valence-electron chi connectivity index (χ1n) is 6.21. The van der Waals surface area contributed by atoms with Crippen LogP contribution in [0.2, 0.25) is 0 Å². The number of methoxy groups -OCH3 is 1. The number of amides is 1. The van der Waals surface area contributed by atoms with Gasteiger partial charge in [-0.15, -0.1) is 11.6 Å². The van der Waals surface area contributed by atoms with E-state index in [4.69, 9.17) is 16.3 Å². The van der Waals surface area contributed by atoms with Crippen LogP contribution < -0.4 is 5.32 Å². The Morgan fingerprint density at radius 3 is 3.06 bits per heavy atom. The van der Waals surface area contributed by atoms with Crippen LogP contribution in [-0.4, -0.2) is 31.5 Å². The van der Waals surface area contributed by atoms with Crippen molar-refractivity contribution in [3.05, 3.63) is 35.4 Å². The molecule has 0 aromatic heterocycles. The van der Waals surface area contributed by atoms with Crippen molar-refractivity contribution in [1.29, 1.82) is 0 Å². The molecule has 4 heteroatoms. The van der Waals surface area contributed by atoms with E-state index in [1.54, 1.807) is 7.11 Å². The first-order chi connectivity index (χ1) is 8.72. The van der Waals surface area contributed by atoms with Gasteiger partial charge < -0.3 is 10.1 Å². The molecule has 1 aliphatic carbocycles. The number of hydrogen-bond acceptors (Lipinski definition) is 2. The van der Waals surface area contributed by atoms with Crippen molar-refractivity contribution in [2.45, 2.75) is 24.1 Å². The Balaban J connectivity index is 1.74. The van der Waals surface area contributed by atoms with Gasteiger partial charge in [-0.3, -0.25) is 4.79 Å². The van der Waals surface area contributed by atoms with Crippen molar-refractivity contribution in [2.75, 3.05) is 20.3 Å². The zero-order valence-electron chi connectivity index (χ0n) is 10.5. The van der Waals surface area contributed by atoms with Crippen LogP contribution in [0, 0.1) is 0 Å². The van der Waals surface area contributed by atoms with Gasteiger partial charge in [0.05, 0.1) is 17.9 Å². The molecule has 98 valence electrons. The lowest BCUT2D eigenvalue weighted by Crippen LogP contribution is -2.36. The third kappa shape index (κ3) is 3.03. The van der Waals surface area contributed by atoms with Gasteiger partial charge in [0.1, 0.15) is 0 Å². The Morgan fingerprint density at radius 1 is 1.56 bits per heavy atom. The van der Waals surface area contributed by atoms with Crippen LogP contribution in [-0.2, 0) is 16.0 Å². The molecule has 0 saturated carbocycles. The molecule has 2 atom stereocenters. The quantitative estimate of drug-likeness (QED) is 0.802. The minimum absolute atomic E-state index is 0.0254. The molecule has 0 saturated heterocycles. The molecular formula is C14H18ClNO2. The van der Waals surface area contributed by atoms with Crippen molar-refractivity contribution < 1.29 is 9.53 Å². The lowest BCUT2D eigenvalue weighted by atomic mass is 9.77. The monoisotopic (exact) mass is 267 g/mol. The molecule has 2 unspecified atom stereocenters. The number of hydrogen-bond donors (Lipinski definition) is 1. The van der Waals surface area contributed by atoms with E-state index >= 15 is 0 Å². The van der Waals surface area contributed by atoms with E-state index in [2.05, 4.69) is 11.4 Å². The zero-order chi connectivity index (χ0) is 13.0. The Morgan fingerprint density at radius 2 is 2.33 bits per heavy atom. The molecular weight excluding hydrogens is 250 g/mol. The molecule has 1 aliphatic rings. The maximum absolute atomic E-state index is 11.9. The second-order valence-corrected chi connectivity index (χ2v) is 5.21. The number of nitrogens with one attached hydrogen (secondary N) is 1. The predicted molar refractivity (Wildman–Crippen MR) is 72.0 cm³/mol. The summed E-state index contributed by atoms with van der Waals surface area (Å²) in [5.74, 6) is 0.132. The SMILES string of the molecule is COCC(Cl)CCNC(=O)C1Cc2ccccc21. The normalized spacial score (nSPS) is 18.7. The molecule has 1 aromatic rings. The van der Waals surface area contributed by atoms with E-state index < -0.39 is 0 Å². The number of halogens is 1. The molecule has 18 heavy (non-hydrogen) atoms. The highest BCUT2D eigenvalue weighted by Crippen LogP contribution is 2.34. The average Bonchev–Trinajstić information content (AvgIpc) is 2.31. The standard InChI is InChI=1S/C14H18ClNO2/c1-18-9-11(15)6-7-16-14(17)13-8-10-4-2-3-5-12(10)13/h2-5,11,13H,6-9H2,1H3,(H,16,17). The largest absolute Gasteiger partial charge is 0.383 e. The summed E-state index contributed by atoms with van der Waals surface area (Å²) in [4.78, 5) is 11.9. The van der Waals surface area contributed by atoms with Crippen LogP contribution in [0.1, 0.15) is 23.5 Å². The molecule has 0 fully saturated rings. The summed E-state index contributed by atoms with van der Waals surface area (Å²) in [6.45, 7) is 1.12. The predicted octanol–water partition coefficient (Wildman–Crippen LogP) is 2.09. The van der Waals surface area contributed by atoms with Crippen LogP contribution in [0.25, 0.3) is 0 Å². The zero-order valence-corrected chi connectivity index (χ0v) is 11.2. The first-order valence-corrected chi connectivity index (χ1v) is 6.64. The van der Waals surface area contributed by atoms with E-state index in [9.17, 15) is 4.79 Å². The second kappa shape index (κ2) is 6.21. The maximum atomic E-state index is 11.9. The topological polar surface area (TPSA) is 38.3 Å². The number of ether oxygens (including phenoxy) is 1. The second-order valence-electron chi connectivity index (χ2n) is 4.59.